The number of carboxylic acids is 1. The highest BCUT2D eigenvalue weighted by atomic mass is 35.5. The molecule has 1 rings (SSSR count). The summed E-state index contributed by atoms with van der Waals surface area (Å²) in [6.07, 6.45) is 0.495. The Morgan fingerprint density at radius 2 is 2.00 bits per heavy atom. The van der Waals surface area contributed by atoms with E-state index in [1.807, 2.05) is 6.92 Å². The number of rotatable bonds is 6. The standard InChI is InChI=1S/C12H13ClF2O4/c1-3-6(2)18-10-5-9(19-12(14)15)7(11(16)17)4-8(10)13/h4-6,12H,3H2,1-2H3,(H,16,17). The van der Waals surface area contributed by atoms with Gasteiger partial charge in [-0.15, -0.1) is 0 Å². The van der Waals surface area contributed by atoms with Crippen LogP contribution in [-0.2, 0) is 0 Å². The summed E-state index contributed by atoms with van der Waals surface area (Å²) in [5.74, 6) is -1.78. The molecule has 1 aromatic carbocycles. The number of carbonyl (C=O) groups is 1. The van der Waals surface area contributed by atoms with Crippen LogP contribution in [0, 0.1) is 0 Å². The van der Waals surface area contributed by atoms with Crippen LogP contribution in [-0.4, -0.2) is 23.8 Å². The van der Waals surface area contributed by atoms with Gasteiger partial charge in [0.1, 0.15) is 17.1 Å². The lowest BCUT2D eigenvalue weighted by atomic mass is 10.2. The number of benzene rings is 1. The van der Waals surface area contributed by atoms with E-state index in [0.717, 1.165) is 12.1 Å². The fraction of sp³-hybridized carbons (Fsp3) is 0.417. The van der Waals surface area contributed by atoms with Gasteiger partial charge in [-0.25, -0.2) is 4.79 Å². The predicted octanol–water partition coefficient (Wildman–Crippen LogP) is 3.82. The molecule has 0 fully saturated rings. The maximum absolute atomic E-state index is 12.2. The van der Waals surface area contributed by atoms with E-state index in [1.54, 1.807) is 6.92 Å². The number of halogens is 3. The van der Waals surface area contributed by atoms with Crippen LogP contribution in [0.3, 0.4) is 0 Å². The van der Waals surface area contributed by atoms with E-state index < -0.39 is 23.9 Å². The van der Waals surface area contributed by atoms with Gasteiger partial charge in [0.25, 0.3) is 0 Å². The molecule has 106 valence electrons. The normalized spacial score (nSPS) is 12.3. The lowest BCUT2D eigenvalue weighted by molar-refractivity contribution is -0.0504. The van der Waals surface area contributed by atoms with Crippen molar-refractivity contribution >= 4 is 17.6 Å². The highest BCUT2D eigenvalue weighted by Gasteiger charge is 2.19. The number of ether oxygens (including phenoxy) is 2. The molecule has 0 aliphatic carbocycles. The Morgan fingerprint density at radius 3 is 2.47 bits per heavy atom. The van der Waals surface area contributed by atoms with Crippen molar-refractivity contribution in [3.8, 4) is 11.5 Å². The van der Waals surface area contributed by atoms with E-state index in [2.05, 4.69) is 4.74 Å². The Morgan fingerprint density at radius 1 is 1.37 bits per heavy atom. The van der Waals surface area contributed by atoms with Gasteiger partial charge < -0.3 is 14.6 Å². The summed E-state index contributed by atoms with van der Waals surface area (Å²) in [7, 11) is 0. The molecule has 1 aromatic rings. The molecule has 0 aliphatic heterocycles. The Kier molecular flexibility index (Phi) is 5.35. The van der Waals surface area contributed by atoms with E-state index in [9.17, 15) is 13.6 Å². The lowest BCUT2D eigenvalue weighted by Gasteiger charge is -2.16. The molecule has 0 saturated carbocycles. The van der Waals surface area contributed by atoms with Crippen molar-refractivity contribution < 1.29 is 28.2 Å². The molecule has 0 saturated heterocycles. The Labute approximate surface area is 113 Å². The van der Waals surface area contributed by atoms with Crippen molar-refractivity contribution in [3.63, 3.8) is 0 Å². The molecule has 1 N–H and O–H groups in total. The fourth-order valence-electron chi connectivity index (χ4n) is 1.29. The van der Waals surface area contributed by atoms with Crippen molar-refractivity contribution in [2.75, 3.05) is 0 Å². The number of alkyl halides is 2. The quantitative estimate of drug-likeness (QED) is 0.866. The van der Waals surface area contributed by atoms with E-state index in [1.165, 1.54) is 0 Å². The van der Waals surface area contributed by atoms with Crippen LogP contribution in [0.1, 0.15) is 30.6 Å². The van der Waals surface area contributed by atoms with Crippen LogP contribution in [0.4, 0.5) is 8.78 Å². The molecular formula is C12H13ClF2O4. The summed E-state index contributed by atoms with van der Waals surface area (Å²) in [5.41, 5.74) is -0.443. The summed E-state index contributed by atoms with van der Waals surface area (Å²) in [6, 6.07) is 2.09. The van der Waals surface area contributed by atoms with E-state index >= 15 is 0 Å². The van der Waals surface area contributed by atoms with Crippen molar-refractivity contribution in [1.82, 2.24) is 0 Å². The summed E-state index contributed by atoms with van der Waals surface area (Å²) in [6.45, 7) is 0.520. The van der Waals surface area contributed by atoms with Gasteiger partial charge in [0.15, 0.2) is 0 Å². The Balaban J connectivity index is 3.17. The monoisotopic (exact) mass is 294 g/mol. The van der Waals surface area contributed by atoms with Crippen LogP contribution in [0.15, 0.2) is 12.1 Å². The van der Waals surface area contributed by atoms with E-state index in [-0.39, 0.29) is 16.9 Å². The van der Waals surface area contributed by atoms with E-state index in [0.29, 0.717) is 6.42 Å². The van der Waals surface area contributed by atoms with Gasteiger partial charge in [-0.05, 0) is 19.4 Å². The van der Waals surface area contributed by atoms with Gasteiger partial charge in [0.05, 0.1) is 11.1 Å². The molecule has 0 bridgehead atoms. The maximum Gasteiger partial charge on any atom is 0.387 e. The van der Waals surface area contributed by atoms with Crippen molar-refractivity contribution in [3.05, 3.63) is 22.7 Å². The zero-order chi connectivity index (χ0) is 14.6. The lowest BCUT2D eigenvalue weighted by Crippen LogP contribution is -2.12. The molecule has 7 heteroatoms. The molecule has 0 spiro atoms. The molecule has 0 amide bonds. The van der Waals surface area contributed by atoms with Crippen molar-refractivity contribution in [1.29, 1.82) is 0 Å². The third-order valence-electron chi connectivity index (χ3n) is 2.38. The summed E-state index contributed by atoms with van der Waals surface area (Å²) in [4.78, 5) is 10.9. The number of carboxylic acid groups (broad SMARTS) is 1. The smallest absolute Gasteiger partial charge is 0.387 e. The van der Waals surface area contributed by atoms with Crippen LogP contribution in [0.25, 0.3) is 0 Å². The summed E-state index contributed by atoms with van der Waals surface area (Å²) >= 11 is 5.85. The molecule has 0 aliphatic rings. The molecule has 1 unspecified atom stereocenters. The van der Waals surface area contributed by atoms with Crippen molar-refractivity contribution in [2.24, 2.45) is 0 Å². The SMILES string of the molecule is CCC(C)Oc1cc(OC(F)F)c(C(=O)O)cc1Cl. The largest absolute Gasteiger partial charge is 0.489 e. The molecular weight excluding hydrogens is 282 g/mol. The van der Waals surface area contributed by atoms with E-state index in [4.69, 9.17) is 21.4 Å². The predicted molar refractivity (Wildman–Crippen MR) is 65.4 cm³/mol. The second-order valence-electron chi connectivity index (χ2n) is 3.80. The maximum atomic E-state index is 12.2. The second kappa shape index (κ2) is 6.56. The minimum Gasteiger partial charge on any atom is -0.489 e. The summed E-state index contributed by atoms with van der Waals surface area (Å²) in [5, 5.41) is 8.92. The molecule has 4 nitrogen and oxygen atoms in total. The number of aromatic carboxylic acids is 1. The van der Waals surface area contributed by atoms with Crippen LogP contribution < -0.4 is 9.47 Å². The number of hydrogen-bond acceptors (Lipinski definition) is 3. The third-order valence-corrected chi connectivity index (χ3v) is 2.68. The van der Waals surface area contributed by atoms with Gasteiger partial charge >= 0.3 is 12.6 Å². The first-order chi connectivity index (χ1) is 8.85. The third kappa shape index (κ3) is 4.24. The first kappa shape index (κ1) is 15.5. The highest BCUT2D eigenvalue weighted by molar-refractivity contribution is 6.32. The molecule has 19 heavy (non-hydrogen) atoms. The van der Waals surface area contributed by atoms with Gasteiger partial charge in [0.2, 0.25) is 0 Å². The van der Waals surface area contributed by atoms with Crippen LogP contribution >= 0.6 is 11.6 Å². The minimum absolute atomic E-state index is 0.0271. The Hall–Kier alpha value is -1.56. The van der Waals surface area contributed by atoms with Crippen LogP contribution in [0.2, 0.25) is 5.02 Å². The fourth-order valence-corrected chi connectivity index (χ4v) is 1.49. The zero-order valence-corrected chi connectivity index (χ0v) is 11.1. The van der Waals surface area contributed by atoms with Gasteiger partial charge in [-0.1, -0.05) is 18.5 Å². The summed E-state index contributed by atoms with van der Waals surface area (Å²) < 4.78 is 34.0. The molecule has 1 atom stereocenters. The highest BCUT2D eigenvalue weighted by Crippen LogP contribution is 2.34. The first-order valence-corrected chi connectivity index (χ1v) is 5.91. The first-order valence-electron chi connectivity index (χ1n) is 5.53. The minimum atomic E-state index is -3.13. The van der Waals surface area contributed by atoms with Crippen molar-refractivity contribution in [2.45, 2.75) is 33.0 Å². The topological polar surface area (TPSA) is 55.8 Å². The average Bonchev–Trinajstić information content (AvgIpc) is 2.31. The number of hydrogen-bond donors (Lipinski definition) is 1. The Bertz CT molecular complexity index is 465. The molecule has 0 radical (unpaired) electrons. The average molecular weight is 295 g/mol. The molecule has 0 aromatic heterocycles. The van der Waals surface area contributed by atoms with Gasteiger partial charge in [0, 0.05) is 6.07 Å². The van der Waals surface area contributed by atoms with Gasteiger partial charge in [-0.2, -0.15) is 8.78 Å². The zero-order valence-electron chi connectivity index (χ0n) is 10.3. The molecule has 0 heterocycles. The van der Waals surface area contributed by atoms with Gasteiger partial charge in [-0.3, -0.25) is 0 Å². The van der Waals surface area contributed by atoms with Crippen LogP contribution in [0.5, 0.6) is 11.5 Å². The second-order valence-corrected chi connectivity index (χ2v) is 4.21.